The number of carbonyl (C=O) groups is 1. The van der Waals surface area contributed by atoms with Gasteiger partial charge in [-0.25, -0.2) is 0 Å². The summed E-state index contributed by atoms with van der Waals surface area (Å²) < 4.78 is 14.5. The molecule has 1 amide bonds. The van der Waals surface area contributed by atoms with Gasteiger partial charge in [-0.3, -0.25) is 4.79 Å². The number of amides is 1. The maximum absolute atomic E-state index is 12.7. The normalized spacial score (nSPS) is 24.5. The fourth-order valence-corrected chi connectivity index (χ4v) is 3.51. The lowest BCUT2D eigenvalue weighted by Gasteiger charge is -2.22. The van der Waals surface area contributed by atoms with Crippen molar-refractivity contribution in [2.24, 2.45) is 5.41 Å². The Hall–Kier alpha value is -1.86. The van der Waals surface area contributed by atoms with Crippen LogP contribution in [0.15, 0.2) is 30.5 Å². The maximum atomic E-state index is 12.7. The monoisotopic (exact) mass is 334 g/mol. The Morgan fingerprint density at radius 3 is 2.78 bits per heavy atom. The Morgan fingerprint density at radius 1 is 1.39 bits per heavy atom. The molecule has 0 aromatic heterocycles. The van der Waals surface area contributed by atoms with E-state index in [0.717, 1.165) is 43.7 Å². The second-order valence-corrected chi connectivity index (χ2v) is 6.29. The predicted octanol–water partition coefficient (Wildman–Crippen LogP) is 2.52. The van der Waals surface area contributed by atoms with Crippen LogP contribution in [0.2, 0.25) is 0 Å². The average molecular weight is 334 g/mol. The molecule has 23 heavy (non-hydrogen) atoms. The van der Waals surface area contributed by atoms with Crippen LogP contribution >= 0.6 is 12.3 Å². The lowest BCUT2D eigenvalue weighted by molar-refractivity contribution is -0.124. The molecule has 0 saturated carbocycles. The molecule has 2 heterocycles. The van der Waals surface area contributed by atoms with E-state index in [0.29, 0.717) is 5.57 Å². The first-order valence-corrected chi connectivity index (χ1v) is 8.29. The minimum Gasteiger partial charge on any atom is -0.316 e. The van der Waals surface area contributed by atoms with Gasteiger partial charge in [0.25, 0.3) is 0 Å². The molecule has 1 spiro atoms. The summed E-state index contributed by atoms with van der Waals surface area (Å²) in [5, 5.41) is 10.7. The van der Waals surface area contributed by atoms with Crippen molar-refractivity contribution in [2.75, 3.05) is 24.5 Å². The third-order valence-corrected chi connectivity index (χ3v) is 4.89. The summed E-state index contributed by atoms with van der Waals surface area (Å²) in [6.45, 7) is 2.42. The number of nitrogens with zero attached hydrogens (tertiary/aromatic N) is 1. The lowest BCUT2D eigenvalue weighted by Crippen LogP contribution is -2.36. The van der Waals surface area contributed by atoms with E-state index in [1.165, 1.54) is 12.4 Å². The number of benzene rings is 1. The Bertz CT molecular complexity index is 625. The molecule has 2 fully saturated rings. The number of allylic oxidation sites excluding steroid dienone is 1. The largest absolute Gasteiger partial charge is 0.316 e. The highest BCUT2D eigenvalue weighted by Gasteiger charge is 2.48. The second-order valence-electron chi connectivity index (χ2n) is 5.90. The first-order valence-electron chi connectivity index (χ1n) is 7.57. The van der Waals surface area contributed by atoms with Crippen molar-refractivity contribution in [1.29, 1.82) is 5.41 Å². The molecule has 3 rings (SSSR count). The molecule has 2 aliphatic rings. The summed E-state index contributed by atoms with van der Waals surface area (Å²) in [5.41, 5.74) is 2.03. The molecule has 1 unspecified atom stereocenters. The van der Waals surface area contributed by atoms with Gasteiger partial charge in [-0.05, 0) is 37.1 Å². The van der Waals surface area contributed by atoms with Gasteiger partial charge in [-0.2, -0.15) is 0 Å². The Labute approximate surface area is 139 Å². The number of carbonyl (C=O) groups excluding carboxylic acids is 1. The molecule has 3 N–H and O–H groups in total. The minimum atomic E-state index is -0.221. The molecule has 7 heteroatoms. The van der Waals surface area contributed by atoms with E-state index in [-0.39, 0.29) is 23.7 Å². The number of nitrogens with one attached hydrogen (secondary N) is 3. The van der Waals surface area contributed by atoms with Crippen molar-refractivity contribution in [1.82, 2.24) is 10.0 Å². The van der Waals surface area contributed by atoms with E-state index < -0.39 is 0 Å². The van der Waals surface area contributed by atoms with Crippen molar-refractivity contribution >= 4 is 35.7 Å². The summed E-state index contributed by atoms with van der Waals surface area (Å²) in [5.74, 6) is 0.202. The van der Waals surface area contributed by atoms with Gasteiger partial charge in [0.2, 0.25) is 5.91 Å². The van der Waals surface area contributed by atoms with Crippen molar-refractivity contribution in [3.8, 4) is 0 Å². The number of hydrogen-bond donors (Lipinski definition) is 3. The van der Waals surface area contributed by atoms with Crippen molar-refractivity contribution in [3.05, 3.63) is 36.0 Å². The van der Waals surface area contributed by atoms with Gasteiger partial charge in [-0.1, -0.05) is 12.1 Å². The molecular weight excluding hydrogens is 315 g/mol. The number of halogens is 1. The van der Waals surface area contributed by atoms with Crippen LogP contribution in [-0.2, 0) is 4.79 Å². The summed E-state index contributed by atoms with van der Waals surface area (Å²) in [6, 6.07) is 7.47. The van der Waals surface area contributed by atoms with Crippen LogP contribution in [0.25, 0.3) is 5.57 Å². The van der Waals surface area contributed by atoms with Crippen LogP contribution in [0.3, 0.4) is 0 Å². The quantitative estimate of drug-likeness (QED) is 0.572. The zero-order valence-corrected chi connectivity index (χ0v) is 13.5. The summed E-state index contributed by atoms with van der Waals surface area (Å²) >= 11 is -0.0140. The third kappa shape index (κ3) is 2.98. The molecule has 5 nitrogen and oxygen atoms in total. The number of rotatable bonds is 5. The van der Waals surface area contributed by atoms with Crippen molar-refractivity contribution < 1.29 is 8.68 Å². The first-order chi connectivity index (χ1) is 11.2. The third-order valence-electron chi connectivity index (χ3n) is 4.68. The van der Waals surface area contributed by atoms with E-state index in [9.17, 15) is 8.68 Å². The van der Waals surface area contributed by atoms with Crippen LogP contribution in [0, 0.1) is 10.8 Å². The minimum absolute atomic E-state index is 0.0140. The molecule has 1 atom stereocenters. The molecular formula is C16H19FN4OS. The fourth-order valence-electron chi connectivity index (χ4n) is 3.33. The highest BCUT2D eigenvalue weighted by molar-refractivity contribution is 7.92. The predicted molar refractivity (Wildman–Crippen MR) is 91.9 cm³/mol. The summed E-state index contributed by atoms with van der Waals surface area (Å²) in [7, 11) is 0. The Balaban J connectivity index is 1.78. The molecule has 2 saturated heterocycles. The van der Waals surface area contributed by atoms with Gasteiger partial charge >= 0.3 is 0 Å². The fraction of sp³-hybridized carbons (Fsp3) is 0.375. The highest BCUT2D eigenvalue weighted by atomic mass is 32.2. The molecule has 0 radical (unpaired) electrons. The standard InChI is InChI=1S/C16H19FN4OS/c17-23-20-10-13(9-18)12-1-3-14(4-2-12)21-8-6-16(15(21)22)5-7-19-11-16/h1-4,9-10,18-20H,5-8,11H2/b13-10+,18-9?. The molecule has 1 aromatic rings. The summed E-state index contributed by atoms with van der Waals surface area (Å²) in [6.07, 6.45) is 4.41. The van der Waals surface area contributed by atoms with E-state index >= 15 is 0 Å². The van der Waals surface area contributed by atoms with Crippen molar-refractivity contribution in [3.63, 3.8) is 0 Å². The molecule has 1 aromatic carbocycles. The topological polar surface area (TPSA) is 68.2 Å². The van der Waals surface area contributed by atoms with Crippen LogP contribution in [0.5, 0.6) is 0 Å². The zero-order chi connectivity index (χ0) is 16.3. The van der Waals surface area contributed by atoms with Crippen LogP contribution < -0.4 is 14.9 Å². The van der Waals surface area contributed by atoms with Gasteiger partial charge in [-0.15, -0.1) is 3.89 Å². The van der Waals surface area contributed by atoms with Crippen LogP contribution in [-0.4, -0.2) is 31.8 Å². The lowest BCUT2D eigenvalue weighted by atomic mass is 9.86. The van der Waals surface area contributed by atoms with Crippen LogP contribution in [0.1, 0.15) is 18.4 Å². The average Bonchev–Trinajstić information content (AvgIpc) is 3.18. The SMILES string of the molecule is N=C/C(=C\NSF)c1ccc(N2CCC3(CCNC3)C2=O)cc1. The zero-order valence-electron chi connectivity index (χ0n) is 12.6. The number of hydrogen-bond acceptors (Lipinski definition) is 5. The molecule has 0 aliphatic carbocycles. The van der Waals surface area contributed by atoms with Crippen molar-refractivity contribution in [2.45, 2.75) is 12.8 Å². The highest BCUT2D eigenvalue weighted by Crippen LogP contribution is 2.39. The molecule has 0 bridgehead atoms. The Morgan fingerprint density at radius 2 is 2.17 bits per heavy atom. The summed E-state index contributed by atoms with van der Waals surface area (Å²) in [4.78, 5) is 14.6. The second kappa shape index (κ2) is 6.72. The van der Waals surface area contributed by atoms with E-state index in [2.05, 4.69) is 10.0 Å². The van der Waals surface area contributed by atoms with E-state index in [4.69, 9.17) is 5.41 Å². The smallest absolute Gasteiger partial charge is 0.234 e. The number of anilines is 1. The van der Waals surface area contributed by atoms with Gasteiger partial charge in [0, 0.05) is 36.8 Å². The first kappa shape index (κ1) is 16.0. The molecule has 2 aliphatic heterocycles. The van der Waals surface area contributed by atoms with E-state index in [1.807, 2.05) is 29.2 Å². The van der Waals surface area contributed by atoms with Gasteiger partial charge in [0.1, 0.15) is 0 Å². The van der Waals surface area contributed by atoms with Crippen LogP contribution in [0.4, 0.5) is 9.57 Å². The maximum Gasteiger partial charge on any atom is 0.234 e. The van der Waals surface area contributed by atoms with Gasteiger partial charge in [0.05, 0.1) is 5.41 Å². The van der Waals surface area contributed by atoms with E-state index in [1.54, 1.807) is 0 Å². The van der Waals surface area contributed by atoms with Gasteiger partial charge < -0.3 is 20.3 Å². The van der Waals surface area contributed by atoms with Gasteiger partial charge in [0.15, 0.2) is 12.3 Å². The molecule has 122 valence electrons. The Kier molecular flexibility index (Phi) is 4.68.